The number of ether oxygens (including phenoxy) is 1. The molecule has 0 bridgehead atoms. The van der Waals surface area contributed by atoms with Crippen LogP contribution < -0.4 is 0 Å². The molecule has 1 amide bonds. The molecule has 2 unspecified atom stereocenters. The quantitative estimate of drug-likeness (QED) is 0.645. The van der Waals surface area contributed by atoms with Crippen LogP contribution in [-0.4, -0.2) is 35.5 Å². The van der Waals surface area contributed by atoms with Crippen molar-refractivity contribution in [2.24, 2.45) is 5.92 Å². The van der Waals surface area contributed by atoms with E-state index in [-0.39, 0.29) is 18.1 Å². The van der Waals surface area contributed by atoms with Gasteiger partial charge in [0.1, 0.15) is 11.9 Å². The van der Waals surface area contributed by atoms with E-state index in [1.165, 1.54) is 0 Å². The first-order valence-corrected chi connectivity index (χ1v) is 5.78. The number of carbonyl (C=O) groups excluding carboxylic acids is 2. The predicted molar refractivity (Wildman–Crippen MR) is 61.2 cm³/mol. The molecular weight excluding hydrogens is 206 g/mol. The Morgan fingerprint density at radius 3 is 2.50 bits per heavy atom. The fourth-order valence-corrected chi connectivity index (χ4v) is 1.82. The number of piperidine rings is 1. The molecule has 0 saturated carbocycles. The van der Waals surface area contributed by atoms with Gasteiger partial charge in [-0.05, 0) is 40.5 Å². The van der Waals surface area contributed by atoms with Gasteiger partial charge in [0, 0.05) is 18.5 Å². The van der Waals surface area contributed by atoms with Crippen LogP contribution in [0.15, 0.2) is 0 Å². The summed E-state index contributed by atoms with van der Waals surface area (Å²) < 4.78 is 5.31. The van der Waals surface area contributed by atoms with Crippen molar-refractivity contribution in [2.75, 3.05) is 6.54 Å². The highest BCUT2D eigenvalue weighted by Crippen LogP contribution is 2.22. The molecule has 0 aromatic heterocycles. The van der Waals surface area contributed by atoms with E-state index in [1.807, 2.05) is 27.7 Å². The molecule has 1 aliphatic heterocycles. The largest absolute Gasteiger partial charge is 0.444 e. The van der Waals surface area contributed by atoms with Gasteiger partial charge in [-0.2, -0.15) is 0 Å². The zero-order valence-electron chi connectivity index (χ0n) is 10.5. The summed E-state index contributed by atoms with van der Waals surface area (Å²) in [6, 6.07) is 0.158. The summed E-state index contributed by atoms with van der Waals surface area (Å²) in [5.41, 5.74) is -0.481. The molecule has 2 atom stereocenters. The second-order valence-electron chi connectivity index (χ2n) is 5.46. The normalized spacial score (nSPS) is 26.4. The number of rotatable bonds is 1. The van der Waals surface area contributed by atoms with Crippen molar-refractivity contribution in [3.05, 3.63) is 0 Å². The van der Waals surface area contributed by atoms with E-state index in [0.29, 0.717) is 6.54 Å². The fourth-order valence-electron chi connectivity index (χ4n) is 1.82. The Morgan fingerprint density at radius 2 is 2.00 bits per heavy atom. The van der Waals surface area contributed by atoms with Crippen LogP contribution in [0, 0.1) is 5.92 Å². The maximum absolute atomic E-state index is 11.9. The van der Waals surface area contributed by atoms with Gasteiger partial charge < -0.3 is 14.4 Å². The molecule has 4 heteroatoms. The third-order valence-electron chi connectivity index (χ3n) is 2.74. The van der Waals surface area contributed by atoms with Crippen molar-refractivity contribution in [3.63, 3.8) is 0 Å². The lowest BCUT2D eigenvalue weighted by Gasteiger charge is -2.37. The number of hydrogen-bond donors (Lipinski definition) is 0. The Bertz CT molecular complexity index is 270. The van der Waals surface area contributed by atoms with E-state index in [1.54, 1.807) is 4.90 Å². The van der Waals surface area contributed by atoms with Crippen LogP contribution in [0.1, 0.15) is 40.5 Å². The monoisotopic (exact) mass is 227 g/mol. The van der Waals surface area contributed by atoms with Crippen molar-refractivity contribution in [1.82, 2.24) is 4.90 Å². The van der Waals surface area contributed by atoms with Gasteiger partial charge in [0.2, 0.25) is 0 Å². The Labute approximate surface area is 96.9 Å². The average molecular weight is 227 g/mol. The van der Waals surface area contributed by atoms with Crippen LogP contribution in [0.4, 0.5) is 4.79 Å². The van der Waals surface area contributed by atoms with Gasteiger partial charge in [0.05, 0.1) is 0 Å². The van der Waals surface area contributed by atoms with E-state index in [0.717, 1.165) is 19.1 Å². The standard InChI is InChI=1S/C12H21NO3/c1-9-5-6-10(8-14)7-13(9)11(15)16-12(2,3)4/h8-10H,5-7H2,1-4H3. The van der Waals surface area contributed by atoms with Gasteiger partial charge in [-0.15, -0.1) is 0 Å². The molecule has 4 nitrogen and oxygen atoms in total. The second-order valence-corrected chi connectivity index (χ2v) is 5.46. The van der Waals surface area contributed by atoms with E-state index >= 15 is 0 Å². The molecule has 0 aromatic rings. The summed E-state index contributed by atoms with van der Waals surface area (Å²) in [5.74, 6) is -0.0382. The third-order valence-corrected chi connectivity index (χ3v) is 2.74. The summed E-state index contributed by atoms with van der Waals surface area (Å²) in [5, 5.41) is 0. The van der Waals surface area contributed by atoms with Gasteiger partial charge >= 0.3 is 6.09 Å². The maximum Gasteiger partial charge on any atom is 0.410 e. The number of likely N-dealkylation sites (tertiary alicyclic amines) is 1. The van der Waals surface area contributed by atoms with Crippen molar-refractivity contribution >= 4 is 12.4 Å². The molecule has 1 aliphatic rings. The molecule has 0 aromatic carbocycles. The van der Waals surface area contributed by atoms with Crippen molar-refractivity contribution in [2.45, 2.75) is 52.2 Å². The number of amides is 1. The van der Waals surface area contributed by atoms with Crippen LogP contribution in [0.3, 0.4) is 0 Å². The molecule has 0 radical (unpaired) electrons. The molecule has 92 valence electrons. The van der Waals surface area contributed by atoms with E-state index in [2.05, 4.69) is 0 Å². The van der Waals surface area contributed by atoms with Gasteiger partial charge in [0.25, 0.3) is 0 Å². The van der Waals surface area contributed by atoms with Gasteiger partial charge in [-0.3, -0.25) is 0 Å². The lowest BCUT2D eigenvalue weighted by molar-refractivity contribution is -0.112. The zero-order valence-corrected chi connectivity index (χ0v) is 10.5. The maximum atomic E-state index is 11.9. The first kappa shape index (κ1) is 13.0. The predicted octanol–water partition coefficient (Wildman–Crippen LogP) is 2.22. The summed E-state index contributed by atoms with van der Waals surface area (Å²) in [4.78, 5) is 24.3. The Balaban J connectivity index is 2.62. The Kier molecular flexibility index (Phi) is 3.94. The molecule has 1 fully saturated rings. The van der Waals surface area contributed by atoms with Crippen LogP contribution in [0.25, 0.3) is 0 Å². The molecule has 16 heavy (non-hydrogen) atoms. The van der Waals surface area contributed by atoms with Gasteiger partial charge in [0.15, 0.2) is 0 Å². The summed E-state index contributed by atoms with van der Waals surface area (Å²) >= 11 is 0. The first-order chi connectivity index (χ1) is 7.33. The minimum Gasteiger partial charge on any atom is -0.444 e. The molecule has 0 spiro atoms. The Hall–Kier alpha value is -1.06. The average Bonchev–Trinajstić information content (AvgIpc) is 2.15. The number of hydrogen-bond acceptors (Lipinski definition) is 3. The molecule has 1 heterocycles. The van der Waals surface area contributed by atoms with E-state index < -0.39 is 5.60 Å². The minimum absolute atomic E-state index is 0.0382. The smallest absolute Gasteiger partial charge is 0.410 e. The minimum atomic E-state index is -0.481. The first-order valence-electron chi connectivity index (χ1n) is 5.78. The van der Waals surface area contributed by atoms with Crippen LogP contribution in [0.5, 0.6) is 0 Å². The van der Waals surface area contributed by atoms with Crippen LogP contribution >= 0.6 is 0 Å². The second kappa shape index (κ2) is 4.85. The topological polar surface area (TPSA) is 46.6 Å². The van der Waals surface area contributed by atoms with Crippen molar-refractivity contribution in [1.29, 1.82) is 0 Å². The molecule has 0 N–H and O–H groups in total. The number of nitrogens with zero attached hydrogens (tertiary/aromatic N) is 1. The van der Waals surface area contributed by atoms with Gasteiger partial charge in [-0.1, -0.05) is 0 Å². The van der Waals surface area contributed by atoms with E-state index in [9.17, 15) is 9.59 Å². The number of carbonyl (C=O) groups is 2. The zero-order chi connectivity index (χ0) is 12.3. The lowest BCUT2D eigenvalue weighted by Crippen LogP contribution is -2.47. The highest BCUT2D eigenvalue weighted by atomic mass is 16.6. The van der Waals surface area contributed by atoms with E-state index in [4.69, 9.17) is 4.74 Å². The summed E-state index contributed by atoms with van der Waals surface area (Å²) in [6.07, 6.45) is 2.35. The highest BCUT2D eigenvalue weighted by molar-refractivity contribution is 5.69. The van der Waals surface area contributed by atoms with Crippen molar-refractivity contribution in [3.8, 4) is 0 Å². The van der Waals surface area contributed by atoms with Crippen LogP contribution in [-0.2, 0) is 9.53 Å². The molecule has 1 saturated heterocycles. The SMILES string of the molecule is CC1CCC(C=O)CN1C(=O)OC(C)(C)C. The lowest BCUT2D eigenvalue weighted by atomic mass is 9.95. The van der Waals surface area contributed by atoms with Crippen molar-refractivity contribution < 1.29 is 14.3 Å². The Morgan fingerprint density at radius 1 is 1.38 bits per heavy atom. The molecule has 0 aliphatic carbocycles. The summed E-state index contributed by atoms with van der Waals surface area (Å²) in [7, 11) is 0. The third kappa shape index (κ3) is 3.51. The summed E-state index contributed by atoms with van der Waals surface area (Å²) in [6.45, 7) is 8.01. The molecular formula is C12H21NO3. The highest BCUT2D eigenvalue weighted by Gasteiger charge is 2.31. The fraction of sp³-hybridized carbons (Fsp3) is 0.833. The van der Waals surface area contributed by atoms with Gasteiger partial charge in [-0.25, -0.2) is 4.79 Å². The van der Waals surface area contributed by atoms with Crippen LogP contribution in [0.2, 0.25) is 0 Å². The number of aldehydes is 1. The molecule has 1 rings (SSSR count).